The second kappa shape index (κ2) is 5.15. The van der Waals surface area contributed by atoms with Gasteiger partial charge in [-0.1, -0.05) is 28.1 Å². The highest BCUT2D eigenvalue weighted by atomic mass is 79.9. The summed E-state index contributed by atoms with van der Waals surface area (Å²) in [6, 6.07) is 9.75. The van der Waals surface area contributed by atoms with E-state index in [1.54, 1.807) is 0 Å². The van der Waals surface area contributed by atoms with Gasteiger partial charge in [0.1, 0.15) is 0 Å². The third kappa shape index (κ3) is 3.26. The van der Waals surface area contributed by atoms with Crippen LogP contribution < -0.4 is 5.32 Å². The highest BCUT2D eigenvalue weighted by Crippen LogP contribution is 2.25. The summed E-state index contributed by atoms with van der Waals surface area (Å²) >= 11 is 3.48. The quantitative estimate of drug-likeness (QED) is 0.888. The van der Waals surface area contributed by atoms with E-state index in [0.717, 1.165) is 10.5 Å². The Morgan fingerprint density at radius 2 is 2.14 bits per heavy atom. The van der Waals surface area contributed by atoms with Crippen LogP contribution in [0.25, 0.3) is 0 Å². The Morgan fingerprint density at radius 1 is 1.43 bits per heavy atom. The summed E-state index contributed by atoms with van der Waals surface area (Å²) in [5.41, 5.74) is 1.36. The molecule has 2 rings (SSSR count). The molecule has 1 aliphatic carbocycles. The van der Waals surface area contributed by atoms with Crippen molar-refractivity contribution in [1.82, 2.24) is 5.32 Å². The van der Waals surface area contributed by atoms with Gasteiger partial charge in [-0.3, -0.25) is 0 Å². The van der Waals surface area contributed by atoms with Gasteiger partial charge in [0, 0.05) is 16.6 Å². The van der Waals surface area contributed by atoms with Gasteiger partial charge in [-0.15, -0.1) is 12.4 Å². The van der Waals surface area contributed by atoms with Crippen LogP contribution in [0.3, 0.4) is 0 Å². The number of halogens is 2. The lowest BCUT2D eigenvalue weighted by atomic mass is 10.1. The Kier molecular flexibility index (Phi) is 4.42. The topological polar surface area (TPSA) is 12.0 Å². The van der Waals surface area contributed by atoms with Gasteiger partial charge in [0.05, 0.1) is 0 Å². The minimum absolute atomic E-state index is 0. The second-order valence-corrected chi connectivity index (χ2v) is 4.63. The fourth-order valence-electron chi connectivity index (χ4n) is 1.48. The Balaban J connectivity index is 0.000000980. The van der Waals surface area contributed by atoms with Gasteiger partial charge in [-0.25, -0.2) is 0 Å². The third-order valence-electron chi connectivity index (χ3n) is 2.41. The molecule has 0 aromatic heterocycles. The maximum absolute atomic E-state index is 3.58. The lowest BCUT2D eigenvalue weighted by molar-refractivity contribution is 0.571. The summed E-state index contributed by atoms with van der Waals surface area (Å²) in [6.07, 6.45) is 2.69. The first-order chi connectivity index (χ1) is 6.25. The van der Waals surface area contributed by atoms with E-state index < -0.39 is 0 Å². The fourth-order valence-corrected chi connectivity index (χ4v) is 1.89. The molecule has 1 saturated carbocycles. The highest BCUT2D eigenvalue weighted by Gasteiger charge is 2.23. The fraction of sp³-hybridized carbons (Fsp3) is 0.455. The number of nitrogens with one attached hydrogen (secondary N) is 1. The van der Waals surface area contributed by atoms with Crippen LogP contribution in [0.4, 0.5) is 0 Å². The van der Waals surface area contributed by atoms with Crippen molar-refractivity contribution in [2.75, 3.05) is 0 Å². The summed E-state index contributed by atoms with van der Waals surface area (Å²) in [5.74, 6) is 0. The molecule has 0 bridgehead atoms. The number of hydrogen-bond donors (Lipinski definition) is 1. The Hall–Kier alpha value is -0.0500. The van der Waals surface area contributed by atoms with E-state index in [9.17, 15) is 0 Å². The first-order valence-corrected chi connectivity index (χ1v) is 5.56. The van der Waals surface area contributed by atoms with Crippen molar-refractivity contribution in [2.24, 2.45) is 0 Å². The molecule has 1 aliphatic rings. The lowest BCUT2D eigenvalue weighted by Crippen LogP contribution is -2.20. The minimum atomic E-state index is 0. The van der Waals surface area contributed by atoms with Crippen LogP contribution >= 0.6 is 28.3 Å². The molecule has 1 nitrogen and oxygen atoms in total. The monoisotopic (exact) mass is 275 g/mol. The van der Waals surface area contributed by atoms with Gasteiger partial charge in [-0.2, -0.15) is 0 Å². The Labute approximate surface area is 99.8 Å². The van der Waals surface area contributed by atoms with Crippen LogP contribution in [0, 0.1) is 0 Å². The minimum Gasteiger partial charge on any atom is -0.307 e. The molecule has 0 heterocycles. The van der Waals surface area contributed by atoms with E-state index in [2.05, 4.69) is 52.4 Å². The number of rotatable bonds is 3. The second-order valence-electron chi connectivity index (χ2n) is 3.72. The first-order valence-electron chi connectivity index (χ1n) is 4.77. The normalized spacial score (nSPS) is 17.3. The summed E-state index contributed by atoms with van der Waals surface area (Å²) in [7, 11) is 0. The van der Waals surface area contributed by atoms with E-state index in [0.29, 0.717) is 6.04 Å². The van der Waals surface area contributed by atoms with Crippen LogP contribution in [0.5, 0.6) is 0 Å². The van der Waals surface area contributed by atoms with Crippen molar-refractivity contribution >= 4 is 28.3 Å². The van der Waals surface area contributed by atoms with Crippen LogP contribution in [-0.2, 0) is 0 Å². The summed E-state index contributed by atoms with van der Waals surface area (Å²) < 4.78 is 1.16. The Bertz CT molecular complexity index is 299. The van der Waals surface area contributed by atoms with Gasteiger partial charge < -0.3 is 5.32 Å². The van der Waals surface area contributed by atoms with E-state index >= 15 is 0 Å². The lowest BCUT2D eigenvalue weighted by Gasteiger charge is -2.13. The Morgan fingerprint density at radius 3 is 2.71 bits per heavy atom. The first kappa shape index (κ1) is 12.0. The summed E-state index contributed by atoms with van der Waals surface area (Å²) in [5, 5.41) is 3.58. The molecule has 1 aromatic rings. The van der Waals surface area contributed by atoms with Crippen LogP contribution in [-0.4, -0.2) is 6.04 Å². The third-order valence-corrected chi connectivity index (χ3v) is 2.90. The van der Waals surface area contributed by atoms with Crippen molar-refractivity contribution < 1.29 is 0 Å². The molecular weight excluding hydrogens is 261 g/mol. The number of benzene rings is 1. The van der Waals surface area contributed by atoms with Crippen molar-refractivity contribution in [3.8, 4) is 0 Å². The van der Waals surface area contributed by atoms with Gasteiger partial charge >= 0.3 is 0 Å². The zero-order valence-corrected chi connectivity index (χ0v) is 10.6. The maximum atomic E-state index is 3.58. The van der Waals surface area contributed by atoms with E-state index in [1.807, 2.05) is 0 Å². The molecule has 0 aliphatic heterocycles. The smallest absolute Gasteiger partial charge is 0.0294 e. The van der Waals surface area contributed by atoms with Gasteiger partial charge in [0.2, 0.25) is 0 Å². The van der Waals surface area contributed by atoms with E-state index in [-0.39, 0.29) is 12.4 Å². The molecule has 1 atom stereocenters. The standard InChI is InChI=1S/C11H14BrN.ClH/c1-8(13-11-5-6-11)9-3-2-4-10(12)7-9;/h2-4,7-8,11,13H,5-6H2,1H3;1H/t8-;/m0./s1. The molecule has 1 fully saturated rings. The van der Waals surface area contributed by atoms with E-state index in [1.165, 1.54) is 18.4 Å². The molecule has 0 radical (unpaired) electrons. The van der Waals surface area contributed by atoms with Gasteiger partial charge in [-0.05, 0) is 37.5 Å². The predicted molar refractivity (Wildman–Crippen MR) is 66.0 cm³/mol. The molecule has 3 heteroatoms. The van der Waals surface area contributed by atoms with Crippen molar-refractivity contribution in [3.63, 3.8) is 0 Å². The zero-order valence-electron chi connectivity index (χ0n) is 8.16. The molecule has 14 heavy (non-hydrogen) atoms. The maximum Gasteiger partial charge on any atom is 0.0294 e. The summed E-state index contributed by atoms with van der Waals surface area (Å²) in [4.78, 5) is 0. The number of hydrogen-bond acceptors (Lipinski definition) is 1. The highest BCUT2D eigenvalue weighted by molar-refractivity contribution is 9.10. The average Bonchev–Trinajstić information content (AvgIpc) is 2.88. The van der Waals surface area contributed by atoms with Crippen LogP contribution in [0.1, 0.15) is 31.4 Å². The molecule has 78 valence electrons. The van der Waals surface area contributed by atoms with Crippen LogP contribution in [0.2, 0.25) is 0 Å². The van der Waals surface area contributed by atoms with E-state index in [4.69, 9.17) is 0 Å². The average molecular weight is 277 g/mol. The van der Waals surface area contributed by atoms with Gasteiger partial charge in [0.15, 0.2) is 0 Å². The predicted octanol–water partition coefficient (Wildman–Crippen LogP) is 3.68. The molecule has 0 spiro atoms. The van der Waals surface area contributed by atoms with Crippen molar-refractivity contribution in [1.29, 1.82) is 0 Å². The summed E-state index contributed by atoms with van der Waals surface area (Å²) in [6.45, 7) is 2.22. The molecule has 0 amide bonds. The largest absolute Gasteiger partial charge is 0.307 e. The van der Waals surface area contributed by atoms with Crippen molar-refractivity contribution in [2.45, 2.75) is 31.8 Å². The molecule has 0 saturated heterocycles. The SMILES string of the molecule is C[C@H](NC1CC1)c1cccc(Br)c1.Cl. The van der Waals surface area contributed by atoms with Crippen LogP contribution in [0.15, 0.2) is 28.7 Å². The zero-order chi connectivity index (χ0) is 9.26. The molecule has 1 aromatic carbocycles. The molecular formula is C11H15BrClN. The molecule has 1 N–H and O–H groups in total. The van der Waals surface area contributed by atoms with Gasteiger partial charge in [0.25, 0.3) is 0 Å². The molecule has 0 unspecified atom stereocenters. The van der Waals surface area contributed by atoms with Crippen molar-refractivity contribution in [3.05, 3.63) is 34.3 Å².